The summed E-state index contributed by atoms with van der Waals surface area (Å²) in [4.78, 5) is 2.77. The molecule has 1 fully saturated rings. The Hall–Kier alpha value is -0.950. The van der Waals surface area contributed by atoms with Crippen molar-refractivity contribution in [2.75, 3.05) is 0 Å². The molecule has 3 heteroatoms. The molecule has 0 radical (unpaired) electrons. The molecule has 0 spiro atoms. The van der Waals surface area contributed by atoms with Gasteiger partial charge in [0.25, 0.3) is 0 Å². The summed E-state index contributed by atoms with van der Waals surface area (Å²) in [6, 6.07) is 0.0822. The van der Waals surface area contributed by atoms with Crippen LogP contribution >= 0.6 is 0 Å². The number of hydrogen-bond donors (Lipinski definition) is 0. The molecule has 1 rings (SSSR count). The van der Waals surface area contributed by atoms with E-state index in [0.29, 0.717) is 0 Å². The molecule has 1 aliphatic rings. The molecular formula is C7H11N3. The number of nitrogens with zero attached hydrogens (tertiary/aromatic N) is 3. The van der Waals surface area contributed by atoms with Gasteiger partial charge in [0, 0.05) is 4.91 Å². The van der Waals surface area contributed by atoms with Gasteiger partial charge in [0.15, 0.2) is 0 Å². The Balaban J connectivity index is 2.55. The van der Waals surface area contributed by atoms with Crippen LogP contribution in [-0.2, 0) is 0 Å². The summed E-state index contributed by atoms with van der Waals surface area (Å²) in [5, 5.41) is 3.65. The van der Waals surface area contributed by atoms with Crippen LogP contribution in [0.2, 0.25) is 0 Å². The highest BCUT2D eigenvalue weighted by Gasteiger charge is 2.14. The third kappa shape index (κ3) is 1.52. The molecule has 0 saturated heterocycles. The van der Waals surface area contributed by atoms with E-state index in [-0.39, 0.29) is 6.04 Å². The van der Waals surface area contributed by atoms with Crippen LogP contribution in [0.5, 0.6) is 0 Å². The van der Waals surface area contributed by atoms with Crippen LogP contribution in [0.25, 0.3) is 10.4 Å². The van der Waals surface area contributed by atoms with Crippen molar-refractivity contribution in [1.29, 1.82) is 0 Å². The van der Waals surface area contributed by atoms with E-state index in [2.05, 4.69) is 16.6 Å². The smallest absolute Gasteiger partial charge is 0.0582 e. The second kappa shape index (κ2) is 3.28. The monoisotopic (exact) mass is 137 g/mol. The molecule has 1 unspecified atom stereocenters. The molecule has 1 atom stereocenters. The zero-order valence-electron chi connectivity index (χ0n) is 5.95. The first-order valence-corrected chi connectivity index (χ1v) is 3.56. The van der Waals surface area contributed by atoms with Gasteiger partial charge in [-0.1, -0.05) is 23.7 Å². The summed E-state index contributed by atoms with van der Waals surface area (Å²) >= 11 is 0. The molecule has 0 aromatic heterocycles. The zero-order chi connectivity index (χ0) is 7.40. The lowest BCUT2D eigenvalue weighted by atomic mass is 9.92. The van der Waals surface area contributed by atoms with Crippen molar-refractivity contribution in [2.24, 2.45) is 5.11 Å². The summed E-state index contributed by atoms with van der Waals surface area (Å²) in [6.45, 7) is 3.85. The normalized spacial score (nSPS) is 25.6. The van der Waals surface area contributed by atoms with E-state index in [1.54, 1.807) is 0 Å². The highest BCUT2D eigenvalue weighted by molar-refractivity contribution is 5.07. The van der Waals surface area contributed by atoms with Crippen LogP contribution < -0.4 is 0 Å². The fourth-order valence-electron chi connectivity index (χ4n) is 1.26. The van der Waals surface area contributed by atoms with Crippen molar-refractivity contribution in [3.8, 4) is 0 Å². The lowest BCUT2D eigenvalue weighted by Gasteiger charge is -2.19. The average molecular weight is 137 g/mol. The SMILES string of the molecule is C=C1CCCCC1N=[N+]=[N-]. The van der Waals surface area contributed by atoms with Gasteiger partial charge in [-0.15, -0.1) is 0 Å². The summed E-state index contributed by atoms with van der Waals surface area (Å²) in [6.07, 6.45) is 4.39. The third-order valence-electron chi connectivity index (χ3n) is 1.89. The van der Waals surface area contributed by atoms with Crippen LogP contribution in [0.1, 0.15) is 25.7 Å². The summed E-state index contributed by atoms with van der Waals surface area (Å²) in [7, 11) is 0. The number of azide groups is 1. The first kappa shape index (κ1) is 7.16. The second-order valence-corrected chi connectivity index (χ2v) is 2.62. The average Bonchev–Trinajstić information content (AvgIpc) is 1.94. The molecule has 0 heterocycles. The molecule has 1 aliphatic carbocycles. The van der Waals surface area contributed by atoms with Gasteiger partial charge in [-0.25, -0.2) is 0 Å². The van der Waals surface area contributed by atoms with E-state index in [1.165, 1.54) is 12.8 Å². The van der Waals surface area contributed by atoms with Gasteiger partial charge in [-0.2, -0.15) is 0 Å². The summed E-state index contributed by atoms with van der Waals surface area (Å²) in [5.74, 6) is 0. The summed E-state index contributed by atoms with van der Waals surface area (Å²) < 4.78 is 0. The predicted octanol–water partition coefficient (Wildman–Crippen LogP) is 2.80. The molecule has 1 saturated carbocycles. The van der Waals surface area contributed by atoms with E-state index < -0.39 is 0 Å². The van der Waals surface area contributed by atoms with Crippen LogP contribution in [-0.4, -0.2) is 6.04 Å². The minimum Gasteiger partial charge on any atom is -0.0995 e. The molecule has 0 N–H and O–H groups in total. The van der Waals surface area contributed by atoms with Gasteiger partial charge < -0.3 is 0 Å². The molecule has 0 aliphatic heterocycles. The maximum absolute atomic E-state index is 8.15. The molecular weight excluding hydrogens is 126 g/mol. The molecule has 0 aromatic carbocycles. The number of hydrogen-bond acceptors (Lipinski definition) is 1. The lowest BCUT2D eigenvalue weighted by Crippen LogP contribution is -2.11. The Bertz CT molecular complexity index is 179. The Morgan fingerprint density at radius 3 is 3.00 bits per heavy atom. The quantitative estimate of drug-likeness (QED) is 0.231. The Kier molecular flexibility index (Phi) is 2.35. The number of rotatable bonds is 1. The first-order valence-electron chi connectivity index (χ1n) is 3.56. The van der Waals surface area contributed by atoms with Gasteiger partial charge >= 0.3 is 0 Å². The topological polar surface area (TPSA) is 48.8 Å². The van der Waals surface area contributed by atoms with Gasteiger partial charge in [-0.05, 0) is 24.8 Å². The molecule has 0 aromatic rings. The molecule has 0 amide bonds. The Labute approximate surface area is 60.4 Å². The molecule has 0 bridgehead atoms. The van der Waals surface area contributed by atoms with E-state index in [9.17, 15) is 0 Å². The Morgan fingerprint density at radius 2 is 2.40 bits per heavy atom. The van der Waals surface area contributed by atoms with E-state index >= 15 is 0 Å². The first-order chi connectivity index (χ1) is 4.84. The van der Waals surface area contributed by atoms with E-state index in [4.69, 9.17) is 5.53 Å². The minimum atomic E-state index is 0.0822. The van der Waals surface area contributed by atoms with Crippen molar-refractivity contribution < 1.29 is 0 Å². The fourth-order valence-corrected chi connectivity index (χ4v) is 1.26. The highest BCUT2D eigenvalue weighted by atomic mass is 15.1. The van der Waals surface area contributed by atoms with Gasteiger partial charge in [0.05, 0.1) is 6.04 Å². The lowest BCUT2D eigenvalue weighted by molar-refractivity contribution is 0.536. The van der Waals surface area contributed by atoms with Crippen molar-refractivity contribution in [1.82, 2.24) is 0 Å². The maximum Gasteiger partial charge on any atom is 0.0582 e. The minimum absolute atomic E-state index is 0.0822. The van der Waals surface area contributed by atoms with Crippen molar-refractivity contribution in [3.05, 3.63) is 22.6 Å². The maximum atomic E-state index is 8.15. The van der Waals surface area contributed by atoms with Gasteiger partial charge in [0.2, 0.25) is 0 Å². The zero-order valence-corrected chi connectivity index (χ0v) is 5.95. The van der Waals surface area contributed by atoms with E-state index in [0.717, 1.165) is 18.4 Å². The van der Waals surface area contributed by atoms with Gasteiger partial charge in [0.1, 0.15) is 0 Å². The van der Waals surface area contributed by atoms with Crippen molar-refractivity contribution in [2.45, 2.75) is 31.7 Å². The molecule has 3 nitrogen and oxygen atoms in total. The van der Waals surface area contributed by atoms with Crippen LogP contribution in [0.4, 0.5) is 0 Å². The van der Waals surface area contributed by atoms with Crippen LogP contribution in [0, 0.1) is 0 Å². The third-order valence-corrected chi connectivity index (χ3v) is 1.89. The van der Waals surface area contributed by atoms with E-state index in [1.807, 2.05) is 0 Å². The van der Waals surface area contributed by atoms with Gasteiger partial charge in [-0.3, -0.25) is 0 Å². The second-order valence-electron chi connectivity index (χ2n) is 2.62. The molecule has 10 heavy (non-hydrogen) atoms. The molecule has 54 valence electrons. The fraction of sp³-hybridized carbons (Fsp3) is 0.714. The summed E-state index contributed by atoms with van der Waals surface area (Å²) in [5.41, 5.74) is 9.25. The largest absolute Gasteiger partial charge is 0.0995 e. The standard InChI is InChI=1S/C7H11N3/c1-6-4-2-3-5-7(6)9-10-8/h7H,1-5H2. The van der Waals surface area contributed by atoms with Crippen LogP contribution in [0.3, 0.4) is 0 Å². The predicted molar refractivity (Wildman–Crippen MR) is 40.5 cm³/mol. The van der Waals surface area contributed by atoms with Crippen molar-refractivity contribution in [3.63, 3.8) is 0 Å². The highest BCUT2D eigenvalue weighted by Crippen LogP contribution is 2.24. The Morgan fingerprint density at radius 1 is 1.60 bits per heavy atom. The van der Waals surface area contributed by atoms with Crippen molar-refractivity contribution >= 4 is 0 Å². The van der Waals surface area contributed by atoms with Crippen LogP contribution in [0.15, 0.2) is 17.3 Å².